The van der Waals surface area contributed by atoms with E-state index in [9.17, 15) is 4.79 Å². The minimum Gasteiger partial charge on any atom is -0.351 e. The Morgan fingerprint density at radius 1 is 1.63 bits per heavy atom. The summed E-state index contributed by atoms with van der Waals surface area (Å²) >= 11 is 3.41. The zero-order chi connectivity index (χ0) is 13.7. The van der Waals surface area contributed by atoms with E-state index >= 15 is 0 Å². The lowest BCUT2D eigenvalue weighted by atomic mass is 9.96. The predicted octanol–water partition coefficient (Wildman–Crippen LogP) is 2.39. The molecule has 2 N–H and O–H groups in total. The number of halogens is 1. The van der Waals surface area contributed by atoms with Gasteiger partial charge in [-0.3, -0.25) is 4.79 Å². The molecular formula is C14H22BrN3O. The summed E-state index contributed by atoms with van der Waals surface area (Å²) in [5.41, 5.74) is 0.733. The highest BCUT2D eigenvalue weighted by Gasteiger charge is 2.15. The second-order valence-electron chi connectivity index (χ2n) is 5.09. The molecule has 4 nitrogen and oxygen atoms in total. The third kappa shape index (κ3) is 4.08. The maximum atomic E-state index is 12.1. The number of hydrogen-bond donors (Lipinski definition) is 2. The van der Waals surface area contributed by atoms with E-state index in [0.29, 0.717) is 5.92 Å². The molecule has 1 fully saturated rings. The largest absolute Gasteiger partial charge is 0.351 e. The van der Waals surface area contributed by atoms with Crippen LogP contribution < -0.4 is 10.6 Å². The molecule has 106 valence electrons. The van der Waals surface area contributed by atoms with Crippen molar-refractivity contribution in [3.05, 3.63) is 22.4 Å². The zero-order valence-electron chi connectivity index (χ0n) is 11.4. The minimum atomic E-state index is 0.0244. The standard InChI is InChI=1S/C14H22BrN3O/c1-2-18-10-12(15)8-13(18)14(19)17-7-5-11-4-3-6-16-9-11/h8,10-11,16H,2-7,9H2,1H3,(H,17,19). The Bertz CT molecular complexity index is 424. The van der Waals surface area contributed by atoms with Crippen LogP contribution in [0.25, 0.3) is 0 Å². The van der Waals surface area contributed by atoms with E-state index in [1.165, 1.54) is 12.8 Å². The lowest BCUT2D eigenvalue weighted by Gasteiger charge is -2.22. The molecule has 1 unspecified atom stereocenters. The normalized spacial score (nSPS) is 19.4. The van der Waals surface area contributed by atoms with Crippen molar-refractivity contribution < 1.29 is 4.79 Å². The Balaban J connectivity index is 1.80. The molecule has 0 aromatic carbocycles. The van der Waals surface area contributed by atoms with Crippen molar-refractivity contribution in [2.24, 2.45) is 5.92 Å². The van der Waals surface area contributed by atoms with Gasteiger partial charge in [0.25, 0.3) is 5.91 Å². The molecule has 2 rings (SSSR count). The topological polar surface area (TPSA) is 46.1 Å². The van der Waals surface area contributed by atoms with Crippen molar-refractivity contribution in [1.29, 1.82) is 0 Å². The van der Waals surface area contributed by atoms with E-state index in [1.54, 1.807) is 0 Å². The first-order chi connectivity index (χ1) is 9.20. The van der Waals surface area contributed by atoms with Crippen LogP contribution in [0.3, 0.4) is 0 Å². The molecule has 0 radical (unpaired) electrons. The number of aryl methyl sites for hydroxylation is 1. The molecule has 2 heterocycles. The van der Waals surface area contributed by atoms with Gasteiger partial charge in [0.15, 0.2) is 0 Å². The maximum absolute atomic E-state index is 12.1. The quantitative estimate of drug-likeness (QED) is 0.872. The molecule has 5 heteroatoms. The number of rotatable bonds is 5. The van der Waals surface area contributed by atoms with Crippen LogP contribution in [0.5, 0.6) is 0 Å². The van der Waals surface area contributed by atoms with E-state index in [0.717, 1.165) is 42.8 Å². The van der Waals surface area contributed by atoms with Crippen LogP contribution in [0, 0.1) is 5.92 Å². The van der Waals surface area contributed by atoms with E-state index in [4.69, 9.17) is 0 Å². The van der Waals surface area contributed by atoms with Crippen molar-refractivity contribution in [2.75, 3.05) is 19.6 Å². The van der Waals surface area contributed by atoms with E-state index in [-0.39, 0.29) is 5.91 Å². The van der Waals surface area contributed by atoms with Gasteiger partial charge in [-0.15, -0.1) is 0 Å². The van der Waals surface area contributed by atoms with Crippen LogP contribution in [0.2, 0.25) is 0 Å². The Morgan fingerprint density at radius 2 is 2.47 bits per heavy atom. The summed E-state index contributed by atoms with van der Waals surface area (Å²) in [6.45, 7) is 5.84. The molecule has 19 heavy (non-hydrogen) atoms. The predicted molar refractivity (Wildman–Crippen MR) is 80.3 cm³/mol. The highest BCUT2D eigenvalue weighted by molar-refractivity contribution is 9.10. The van der Waals surface area contributed by atoms with Gasteiger partial charge in [0.1, 0.15) is 5.69 Å². The molecule has 0 spiro atoms. The van der Waals surface area contributed by atoms with Crippen molar-refractivity contribution in [2.45, 2.75) is 32.7 Å². The fourth-order valence-electron chi connectivity index (χ4n) is 2.58. The molecule has 1 aromatic rings. The smallest absolute Gasteiger partial charge is 0.267 e. The number of hydrogen-bond acceptors (Lipinski definition) is 2. The molecular weight excluding hydrogens is 306 g/mol. The van der Waals surface area contributed by atoms with E-state index < -0.39 is 0 Å². The molecule has 0 saturated carbocycles. The molecule has 0 bridgehead atoms. The van der Waals surface area contributed by atoms with Crippen LogP contribution in [0.15, 0.2) is 16.7 Å². The average Bonchev–Trinajstić information content (AvgIpc) is 2.81. The Kier molecular flexibility index (Phi) is 5.45. The Morgan fingerprint density at radius 3 is 3.16 bits per heavy atom. The second-order valence-corrected chi connectivity index (χ2v) is 6.00. The van der Waals surface area contributed by atoms with Crippen LogP contribution in [0.1, 0.15) is 36.7 Å². The first-order valence-electron chi connectivity index (χ1n) is 7.05. The molecule has 1 saturated heterocycles. The van der Waals surface area contributed by atoms with Crippen molar-refractivity contribution >= 4 is 21.8 Å². The second kappa shape index (κ2) is 7.10. The van der Waals surface area contributed by atoms with Gasteiger partial charge in [0.2, 0.25) is 0 Å². The molecule has 1 aromatic heterocycles. The summed E-state index contributed by atoms with van der Waals surface area (Å²) in [7, 11) is 0. The zero-order valence-corrected chi connectivity index (χ0v) is 13.0. The molecule has 1 aliphatic heterocycles. The van der Waals surface area contributed by atoms with Crippen LogP contribution in [0.4, 0.5) is 0 Å². The maximum Gasteiger partial charge on any atom is 0.267 e. The first kappa shape index (κ1) is 14.6. The van der Waals surface area contributed by atoms with Gasteiger partial charge in [-0.25, -0.2) is 0 Å². The monoisotopic (exact) mass is 327 g/mol. The molecule has 1 aliphatic rings. The molecule has 1 amide bonds. The fraction of sp³-hybridized carbons (Fsp3) is 0.643. The van der Waals surface area contributed by atoms with Gasteiger partial charge in [-0.05, 0) is 67.2 Å². The van der Waals surface area contributed by atoms with Crippen LogP contribution in [-0.4, -0.2) is 30.1 Å². The number of aromatic nitrogens is 1. The van der Waals surface area contributed by atoms with E-state index in [1.807, 2.05) is 23.8 Å². The third-order valence-electron chi connectivity index (χ3n) is 3.67. The van der Waals surface area contributed by atoms with Gasteiger partial charge >= 0.3 is 0 Å². The lowest BCUT2D eigenvalue weighted by Crippen LogP contribution is -2.33. The van der Waals surface area contributed by atoms with Gasteiger partial charge < -0.3 is 15.2 Å². The number of carbonyl (C=O) groups excluding carboxylic acids is 1. The summed E-state index contributed by atoms with van der Waals surface area (Å²) in [6, 6.07) is 1.88. The number of nitrogens with zero attached hydrogens (tertiary/aromatic N) is 1. The average molecular weight is 328 g/mol. The number of nitrogens with one attached hydrogen (secondary N) is 2. The summed E-state index contributed by atoms with van der Waals surface area (Å²) in [6.07, 6.45) is 5.54. The molecule has 0 aliphatic carbocycles. The Labute approximate surface area is 123 Å². The molecule has 1 atom stereocenters. The highest BCUT2D eigenvalue weighted by atomic mass is 79.9. The number of amides is 1. The van der Waals surface area contributed by atoms with Crippen LogP contribution >= 0.6 is 15.9 Å². The van der Waals surface area contributed by atoms with Crippen molar-refractivity contribution in [3.63, 3.8) is 0 Å². The fourth-order valence-corrected chi connectivity index (χ4v) is 3.04. The number of carbonyl (C=O) groups is 1. The van der Waals surface area contributed by atoms with Gasteiger partial charge in [0.05, 0.1) is 0 Å². The van der Waals surface area contributed by atoms with Crippen molar-refractivity contribution in [3.8, 4) is 0 Å². The minimum absolute atomic E-state index is 0.0244. The highest BCUT2D eigenvalue weighted by Crippen LogP contribution is 2.16. The summed E-state index contributed by atoms with van der Waals surface area (Å²) in [4.78, 5) is 12.1. The lowest BCUT2D eigenvalue weighted by molar-refractivity contribution is 0.0941. The van der Waals surface area contributed by atoms with Crippen LogP contribution in [-0.2, 0) is 6.54 Å². The van der Waals surface area contributed by atoms with Gasteiger partial charge in [0, 0.05) is 23.8 Å². The Hall–Kier alpha value is -0.810. The SMILES string of the molecule is CCn1cc(Br)cc1C(=O)NCCC1CCCNC1. The first-order valence-corrected chi connectivity index (χ1v) is 7.84. The summed E-state index contributed by atoms with van der Waals surface area (Å²) in [5.74, 6) is 0.732. The summed E-state index contributed by atoms with van der Waals surface area (Å²) in [5, 5.41) is 6.43. The van der Waals surface area contributed by atoms with Gasteiger partial charge in [-0.2, -0.15) is 0 Å². The van der Waals surface area contributed by atoms with E-state index in [2.05, 4.69) is 26.6 Å². The number of piperidine rings is 1. The van der Waals surface area contributed by atoms with Crippen molar-refractivity contribution in [1.82, 2.24) is 15.2 Å². The van der Waals surface area contributed by atoms with Gasteiger partial charge in [-0.1, -0.05) is 0 Å². The third-order valence-corrected chi connectivity index (χ3v) is 4.11. The summed E-state index contributed by atoms with van der Waals surface area (Å²) < 4.78 is 2.91.